The van der Waals surface area contributed by atoms with Crippen molar-refractivity contribution in [2.24, 2.45) is 0 Å². The number of nitrogens with zero attached hydrogens (tertiary/aromatic N) is 2. The van der Waals surface area contributed by atoms with E-state index in [2.05, 4.69) is 9.71 Å². The number of ether oxygens (including phenoxy) is 2. The molecule has 0 aliphatic heterocycles. The minimum absolute atomic E-state index is 0.00398. The molecular weight excluding hydrogens is 282 g/mol. The van der Waals surface area contributed by atoms with Gasteiger partial charge in [0, 0.05) is 19.4 Å². The highest BCUT2D eigenvalue weighted by molar-refractivity contribution is 7.89. The predicted octanol–water partition coefficient (Wildman–Crippen LogP) is 0.631. The third kappa shape index (κ3) is 4.86. The smallest absolute Gasteiger partial charge is 0.242 e. The van der Waals surface area contributed by atoms with Crippen LogP contribution in [0.15, 0.2) is 23.2 Å². The van der Waals surface area contributed by atoms with Gasteiger partial charge in [-0.25, -0.2) is 18.1 Å². The Morgan fingerprint density at radius 2 is 2.00 bits per heavy atom. The maximum Gasteiger partial charge on any atom is 0.242 e. The molecule has 8 heteroatoms. The molecule has 0 aromatic carbocycles. The monoisotopic (exact) mass is 299 g/mol. The number of hydrogen-bond acceptors (Lipinski definition) is 6. The lowest BCUT2D eigenvalue weighted by Crippen LogP contribution is -2.35. The number of nitrogens with one attached hydrogen (secondary N) is 1. The van der Waals surface area contributed by atoms with Crippen LogP contribution in [-0.4, -0.2) is 39.5 Å². The Labute approximate surface area is 118 Å². The molecule has 1 rings (SSSR count). The molecule has 1 aromatic heterocycles. The Kier molecular flexibility index (Phi) is 6.54. The van der Waals surface area contributed by atoms with Gasteiger partial charge in [-0.3, -0.25) is 0 Å². The van der Waals surface area contributed by atoms with E-state index in [4.69, 9.17) is 14.7 Å². The highest BCUT2D eigenvalue weighted by Gasteiger charge is 2.17. The summed E-state index contributed by atoms with van der Waals surface area (Å²) in [5.41, 5.74) is 0.158. The van der Waals surface area contributed by atoms with Gasteiger partial charge in [0.2, 0.25) is 10.0 Å². The molecule has 0 aliphatic carbocycles. The third-order valence-corrected chi connectivity index (χ3v) is 3.72. The maximum absolute atomic E-state index is 12.0. The van der Waals surface area contributed by atoms with Crippen LogP contribution < -0.4 is 4.72 Å². The first-order chi connectivity index (χ1) is 9.53. The van der Waals surface area contributed by atoms with Crippen LogP contribution in [-0.2, 0) is 19.5 Å². The normalized spacial score (nSPS) is 11.5. The van der Waals surface area contributed by atoms with Gasteiger partial charge in [-0.2, -0.15) is 5.26 Å². The average molecular weight is 299 g/mol. The molecule has 0 atom stereocenters. The van der Waals surface area contributed by atoms with Crippen LogP contribution in [0.3, 0.4) is 0 Å². The van der Waals surface area contributed by atoms with Gasteiger partial charge >= 0.3 is 0 Å². The van der Waals surface area contributed by atoms with Gasteiger partial charge in [0.1, 0.15) is 16.7 Å². The van der Waals surface area contributed by atoms with Crippen LogP contribution in [0.1, 0.15) is 19.5 Å². The Morgan fingerprint density at radius 1 is 1.35 bits per heavy atom. The number of rotatable bonds is 8. The second-order valence-corrected chi connectivity index (χ2v) is 5.45. The highest BCUT2D eigenvalue weighted by Crippen LogP contribution is 2.07. The lowest BCUT2D eigenvalue weighted by Gasteiger charge is -2.17. The highest BCUT2D eigenvalue weighted by atomic mass is 32.2. The van der Waals surface area contributed by atoms with Crippen molar-refractivity contribution in [3.05, 3.63) is 24.0 Å². The van der Waals surface area contributed by atoms with E-state index in [1.807, 2.05) is 6.07 Å². The first-order valence-electron chi connectivity index (χ1n) is 6.12. The van der Waals surface area contributed by atoms with Crippen molar-refractivity contribution in [2.45, 2.75) is 25.0 Å². The summed E-state index contributed by atoms with van der Waals surface area (Å²) in [5.74, 6) is 0. The summed E-state index contributed by atoms with van der Waals surface area (Å²) in [7, 11) is -3.70. The fraction of sp³-hybridized carbons (Fsp3) is 0.500. The largest absolute Gasteiger partial charge is 0.352 e. The SMILES string of the molecule is CCOC(CNS(=O)(=O)c1ccc(C#N)nc1)OCC. The Bertz CT molecular complexity index is 545. The van der Waals surface area contributed by atoms with Gasteiger partial charge in [-0.15, -0.1) is 0 Å². The van der Waals surface area contributed by atoms with Crippen molar-refractivity contribution in [3.63, 3.8) is 0 Å². The lowest BCUT2D eigenvalue weighted by atomic mass is 10.4. The fourth-order valence-corrected chi connectivity index (χ4v) is 2.37. The van der Waals surface area contributed by atoms with Crippen LogP contribution in [0.5, 0.6) is 0 Å². The van der Waals surface area contributed by atoms with Gasteiger partial charge in [-0.05, 0) is 26.0 Å². The quantitative estimate of drug-likeness (QED) is 0.706. The molecule has 1 N–H and O–H groups in total. The number of sulfonamides is 1. The summed E-state index contributed by atoms with van der Waals surface area (Å²) in [4.78, 5) is 3.71. The molecule has 1 heterocycles. The number of hydrogen-bond donors (Lipinski definition) is 1. The summed E-state index contributed by atoms with van der Waals surface area (Å²) in [6.07, 6.45) is 0.503. The van der Waals surface area contributed by atoms with Crippen molar-refractivity contribution in [3.8, 4) is 6.07 Å². The third-order valence-electron chi connectivity index (χ3n) is 2.31. The first-order valence-corrected chi connectivity index (χ1v) is 7.60. The van der Waals surface area contributed by atoms with Crippen LogP contribution in [0.2, 0.25) is 0 Å². The van der Waals surface area contributed by atoms with Crippen LogP contribution >= 0.6 is 0 Å². The molecular formula is C12H17N3O4S. The number of aromatic nitrogens is 1. The second kappa shape index (κ2) is 7.91. The second-order valence-electron chi connectivity index (χ2n) is 3.68. The molecule has 0 amide bonds. The van der Waals surface area contributed by atoms with E-state index in [-0.39, 0.29) is 17.1 Å². The van der Waals surface area contributed by atoms with E-state index >= 15 is 0 Å². The van der Waals surface area contributed by atoms with Crippen LogP contribution in [0.25, 0.3) is 0 Å². The molecule has 0 fully saturated rings. The minimum atomic E-state index is -3.70. The maximum atomic E-state index is 12.0. The first kappa shape index (κ1) is 16.5. The van der Waals surface area contributed by atoms with E-state index in [1.165, 1.54) is 12.1 Å². The lowest BCUT2D eigenvalue weighted by molar-refractivity contribution is -0.130. The Balaban J connectivity index is 2.71. The molecule has 0 unspecified atom stereocenters. The van der Waals surface area contributed by atoms with E-state index in [0.717, 1.165) is 6.20 Å². The number of pyridine rings is 1. The van der Waals surface area contributed by atoms with Crippen molar-refractivity contribution >= 4 is 10.0 Å². The van der Waals surface area contributed by atoms with Crippen molar-refractivity contribution in [1.82, 2.24) is 9.71 Å². The zero-order valence-electron chi connectivity index (χ0n) is 11.4. The summed E-state index contributed by atoms with van der Waals surface area (Å²) >= 11 is 0. The van der Waals surface area contributed by atoms with E-state index in [9.17, 15) is 8.42 Å². The zero-order valence-corrected chi connectivity index (χ0v) is 12.2. The molecule has 7 nitrogen and oxygen atoms in total. The van der Waals surface area contributed by atoms with Crippen molar-refractivity contribution in [1.29, 1.82) is 5.26 Å². The number of nitriles is 1. The van der Waals surface area contributed by atoms with Crippen molar-refractivity contribution in [2.75, 3.05) is 19.8 Å². The molecule has 0 saturated heterocycles. The molecule has 0 spiro atoms. The fourth-order valence-electron chi connectivity index (χ4n) is 1.40. The molecule has 0 bridgehead atoms. The van der Waals surface area contributed by atoms with Gasteiger partial charge in [0.25, 0.3) is 0 Å². The van der Waals surface area contributed by atoms with Crippen LogP contribution in [0, 0.1) is 11.3 Å². The molecule has 1 aromatic rings. The topological polar surface area (TPSA) is 101 Å². The summed E-state index contributed by atoms with van der Waals surface area (Å²) in [6, 6.07) is 4.49. The van der Waals surface area contributed by atoms with Crippen molar-refractivity contribution < 1.29 is 17.9 Å². The van der Waals surface area contributed by atoms with Gasteiger partial charge in [0.05, 0.1) is 6.54 Å². The van der Waals surface area contributed by atoms with Gasteiger partial charge < -0.3 is 9.47 Å². The predicted molar refractivity (Wildman–Crippen MR) is 71.2 cm³/mol. The molecule has 0 saturated carbocycles. The van der Waals surface area contributed by atoms with Gasteiger partial charge in [-0.1, -0.05) is 0 Å². The van der Waals surface area contributed by atoms with E-state index in [0.29, 0.717) is 13.2 Å². The zero-order chi connectivity index (χ0) is 15.0. The van der Waals surface area contributed by atoms with Gasteiger partial charge in [0.15, 0.2) is 6.29 Å². The minimum Gasteiger partial charge on any atom is -0.352 e. The summed E-state index contributed by atoms with van der Waals surface area (Å²) < 4.78 is 36.9. The molecule has 20 heavy (non-hydrogen) atoms. The molecule has 0 aliphatic rings. The van der Waals surface area contributed by atoms with Crippen LogP contribution in [0.4, 0.5) is 0 Å². The molecule has 0 radical (unpaired) electrons. The average Bonchev–Trinajstić information content (AvgIpc) is 2.45. The summed E-state index contributed by atoms with van der Waals surface area (Å²) in [6.45, 7) is 4.44. The summed E-state index contributed by atoms with van der Waals surface area (Å²) in [5, 5.41) is 8.61. The van der Waals surface area contributed by atoms with E-state index < -0.39 is 16.3 Å². The molecule has 110 valence electrons. The Hall–Kier alpha value is -1.53. The standard InChI is InChI=1S/C12H17N3O4S/c1-3-18-12(19-4-2)9-15-20(16,17)11-6-5-10(7-13)14-8-11/h5-6,8,12,15H,3-4,9H2,1-2H3. The Morgan fingerprint density at radius 3 is 2.45 bits per heavy atom. The van der Waals surface area contributed by atoms with E-state index in [1.54, 1.807) is 13.8 Å².